The van der Waals surface area contributed by atoms with Crippen LogP contribution in [0.5, 0.6) is 0 Å². The van der Waals surface area contributed by atoms with E-state index < -0.39 is 0 Å². The average Bonchev–Trinajstić information content (AvgIpc) is 3.40. The Kier molecular flexibility index (Phi) is 5.61. The molecule has 0 atom stereocenters. The SMILES string of the molecule is [CH2]c1c(-c2cc(Nc3cnc(C#N)cn3)c(=O)n(C)c2)ccnc1N1CCn2c(cc3c2CC(C)(C)C3)C1=O. The Balaban J connectivity index is 1.34. The molecule has 2 aliphatic rings. The summed E-state index contributed by atoms with van der Waals surface area (Å²) in [6, 6.07) is 7.50. The van der Waals surface area contributed by atoms with Crippen LogP contribution in [-0.4, -0.2) is 36.5 Å². The van der Waals surface area contributed by atoms with Gasteiger partial charge in [0.05, 0.1) is 12.4 Å². The van der Waals surface area contributed by atoms with E-state index in [1.54, 1.807) is 30.4 Å². The first kappa shape index (κ1) is 24.6. The van der Waals surface area contributed by atoms with E-state index in [9.17, 15) is 9.59 Å². The fraction of sp³-hybridized carbons (Fsp3) is 0.276. The van der Waals surface area contributed by atoms with Gasteiger partial charge in [-0.3, -0.25) is 14.5 Å². The number of hydrogen-bond acceptors (Lipinski definition) is 7. The van der Waals surface area contributed by atoms with Crippen molar-refractivity contribution in [2.24, 2.45) is 12.5 Å². The van der Waals surface area contributed by atoms with Gasteiger partial charge in [0.25, 0.3) is 11.5 Å². The van der Waals surface area contributed by atoms with E-state index in [4.69, 9.17) is 5.26 Å². The highest BCUT2D eigenvalue weighted by molar-refractivity contribution is 6.06. The predicted octanol–water partition coefficient (Wildman–Crippen LogP) is 3.62. The Bertz CT molecular complexity index is 1740. The number of aromatic nitrogens is 5. The standard InChI is InChI=1S/C29H27N8O2/c1-17-21(19-9-22(27(38)35(4)16-19)34-25-15-32-20(13-30)14-33-25)5-6-31-26(17)37-8-7-36-23(28(37)39)10-18-11-29(2,3)12-24(18)36/h5-6,9-10,14-16H,1,7-8,11-12H2,2-4H3,(H,33,34). The minimum absolute atomic E-state index is 0.0785. The lowest BCUT2D eigenvalue weighted by molar-refractivity contribution is 0.0963. The number of pyridine rings is 2. The summed E-state index contributed by atoms with van der Waals surface area (Å²) < 4.78 is 3.64. The van der Waals surface area contributed by atoms with Crippen LogP contribution in [0.2, 0.25) is 0 Å². The summed E-state index contributed by atoms with van der Waals surface area (Å²) in [5.41, 5.74) is 5.75. The van der Waals surface area contributed by atoms with Gasteiger partial charge in [0.2, 0.25) is 0 Å². The smallest absolute Gasteiger partial charge is 0.276 e. The van der Waals surface area contributed by atoms with Crippen LogP contribution in [0.25, 0.3) is 11.1 Å². The van der Waals surface area contributed by atoms with Crippen LogP contribution in [0.4, 0.5) is 17.3 Å². The van der Waals surface area contributed by atoms with E-state index in [-0.39, 0.29) is 28.3 Å². The van der Waals surface area contributed by atoms with Gasteiger partial charge in [0, 0.05) is 49.4 Å². The number of hydrogen-bond donors (Lipinski definition) is 1. The van der Waals surface area contributed by atoms with E-state index in [1.165, 1.54) is 28.2 Å². The summed E-state index contributed by atoms with van der Waals surface area (Å²) in [6.07, 6.45) is 8.06. The van der Waals surface area contributed by atoms with Crippen LogP contribution in [0, 0.1) is 23.7 Å². The second-order valence-electron chi connectivity index (χ2n) is 10.9. The first-order valence-electron chi connectivity index (χ1n) is 12.7. The highest BCUT2D eigenvalue weighted by Gasteiger charge is 2.37. The number of anilines is 3. The van der Waals surface area contributed by atoms with Gasteiger partial charge in [0.1, 0.15) is 29.1 Å². The molecule has 6 rings (SSSR count). The fourth-order valence-electron chi connectivity index (χ4n) is 5.63. The Morgan fingerprint density at radius 1 is 1.10 bits per heavy atom. The normalized spacial score (nSPS) is 15.6. The maximum absolute atomic E-state index is 13.6. The summed E-state index contributed by atoms with van der Waals surface area (Å²) in [5.74, 6) is 0.766. The molecule has 1 amide bonds. The number of nitrogens with one attached hydrogen (secondary N) is 1. The topological polar surface area (TPSA) is 122 Å². The Labute approximate surface area is 225 Å². The first-order valence-corrected chi connectivity index (χ1v) is 12.7. The molecule has 1 aliphatic heterocycles. The molecule has 10 heteroatoms. The van der Waals surface area contributed by atoms with Crippen molar-refractivity contribution in [2.75, 3.05) is 16.8 Å². The molecule has 0 spiro atoms. The molecular formula is C29H27N8O2. The van der Waals surface area contributed by atoms with Crippen molar-refractivity contribution in [2.45, 2.75) is 33.2 Å². The highest BCUT2D eigenvalue weighted by Crippen LogP contribution is 2.40. The first-order chi connectivity index (χ1) is 18.6. The quantitative estimate of drug-likeness (QED) is 0.437. The molecule has 1 radical (unpaired) electrons. The van der Waals surface area contributed by atoms with Gasteiger partial charge in [0.15, 0.2) is 5.69 Å². The van der Waals surface area contributed by atoms with Crippen LogP contribution in [0.1, 0.15) is 46.9 Å². The van der Waals surface area contributed by atoms with Crippen LogP contribution in [0.3, 0.4) is 0 Å². The average molecular weight is 520 g/mol. The minimum Gasteiger partial charge on any atom is -0.339 e. The van der Waals surface area contributed by atoms with Crippen molar-refractivity contribution >= 4 is 23.2 Å². The fourth-order valence-corrected chi connectivity index (χ4v) is 5.63. The summed E-state index contributed by atoms with van der Waals surface area (Å²) in [4.78, 5) is 40.9. The maximum Gasteiger partial charge on any atom is 0.276 e. The summed E-state index contributed by atoms with van der Waals surface area (Å²) in [6.45, 7) is 10.0. The molecule has 0 saturated carbocycles. The molecule has 39 heavy (non-hydrogen) atoms. The molecule has 0 saturated heterocycles. The number of rotatable bonds is 4. The monoisotopic (exact) mass is 519 g/mol. The number of carbonyl (C=O) groups is 1. The molecule has 0 aromatic carbocycles. The highest BCUT2D eigenvalue weighted by atomic mass is 16.2. The summed E-state index contributed by atoms with van der Waals surface area (Å²) >= 11 is 0. The van der Waals surface area contributed by atoms with Crippen molar-refractivity contribution < 1.29 is 4.79 Å². The van der Waals surface area contributed by atoms with Crippen LogP contribution in [0.15, 0.2) is 47.8 Å². The molecule has 0 bridgehead atoms. The van der Waals surface area contributed by atoms with Gasteiger partial charge in [-0.05, 0) is 54.5 Å². The third-order valence-electron chi connectivity index (χ3n) is 7.44. The van der Waals surface area contributed by atoms with Gasteiger partial charge in [-0.25, -0.2) is 15.0 Å². The molecule has 1 N–H and O–H groups in total. The second-order valence-corrected chi connectivity index (χ2v) is 10.9. The van der Waals surface area contributed by atoms with Crippen molar-refractivity contribution in [1.29, 1.82) is 5.26 Å². The Morgan fingerprint density at radius 3 is 2.67 bits per heavy atom. The lowest BCUT2D eigenvalue weighted by Gasteiger charge is -2.30. The van der Waals surface area contributed by atoms with Gasteiger partial charge in [-0.2, -0.15) is 5.26 Å². The number of fused-ring (bicyclic) bond motifs is 3. The maximum atomic E-state index is 13.6. The van der Waals surface area contributed by atoms with Crippen LogP contribution < -0.4 is 15.8 Å². The Morgan fingerprint density at radius 2 is 1.92 bits per heavy atom. The van der Waals surface area contributed by atoms with Gasteiger partial charge in [-0.15, -0.1) is 0 Å². The lowest BCUT2D eigenvalue weighted by atomic mass is 9.90. The van der Waals surface area contributed by atoms with Gasteiger partial charge < -0.3 is 14.5 Å². The van der Waals surface area contributed by atoms with E-state index in [0.29, 0.717) is 36.0 Å². The van der Waals surface area contributed by atoms with Crippen LogP contribution >= 0.6 is 0 Å². The molecule has 5 heterocycles. The van der Waals surface area contributed by atoms with E-state index in [2.05, 4.69) is 45.6 Å². The molecule has 195 valence electrons. The molecule has 4 aromatic rings. The number of amides is 1. The molecule has 0 fully saturated rings. The van der Waals surface area contributed by atoms with Crippen molar-refractivity contribution in [3.05, 3.63) is 88.5 Å². The summed E-state index contributed by atoms with van der Waals surface area (Å²) in [5, 5.41) is 11.9. The summed E-state index contributed by atoms with van der Waals surface area (Å²) in [7, 11) is 1.66. The Hall–Kier alpha value is -4.78. The van der Waals surface area contributed by atoms with Gasteiger partial charge >= 0.3 is 0 Å². The van der Waals surface area contributed by atoms with E-state index in [0.717, 1.165) is 24.0 Å². The third kappa shape index (κ3) is 4.16. The largest absolute Gasteiger partial charge is 0.339 e. The zero-order valence-corrected chi connectivity index (χ0v) is 22.0. The zero-order chi connectivity index (χ0) is 27.5. The van der Waals surface area contributed by atoms with Gasteiger partial charge in [-0.1, -0.05) is 13.8 Å². The molecule has 1 aliphatic carbocycles. The predicted molar refractivity (Wildman–Crippen MR) is 147 cm³/mol. The lowest BCUT2D eigenvalue weighted by Crippen LogP contribution is -2.41. The number of nitriles is 1. The second kappa shape index (κ2) is 8.91. The van der Waals surface area contributed by atoms with E-state index >= 15 is 0 Å². The van der Waals surface area contributed by atoms with Crippen molar-refractivity contribution in [3.8, 4) is 17.2 Å². The number of nitrogens with zero attached hydrogens (tertiary/aromatic N) is 7. The number of carbonyl (C=O) groups excluding carboxylic acids is 1. The van der Waals surface area contributed by atoms with Crippen molar-refractivity contribution in [1.82, 2.24) is 24.1 Å². The third-order valence-corrected chi connectivity index (χ3v) is 7.44. The van der Waals surface area contributed by atoms with Crippen LogP contribution in [-0.2, 0) is 26.4 Å². The molecule has 0 unspecified atom stereocenters. The zero-order valence-electron chi connectivity index (χ0n) is 22.0. The van der Waals surface area contributed by atoms with Crippen molar-refractivity contribution in [3.63, 3.8) is 0 Å². The molecular weight excluding hydrogens is 492 g/mol. The van der Waals surface area contributed by atoms with E-state index in [1.807, 2.05) is 18.2 Å². The molecule has 4 aromatic heterocycles. The minimum atomic E-state index is -0.256. The number of aryl methyl sites for hydroxylation is 1. The molecule has 10 nitrogen and oxygen atoms in total.